The van der Waals surface area contributed by atoms with Gasteiger partial charge in [0.25, 0.3) is 5.91 Å². The summed E-state index contributed by atoms with van der Waals surface area (Å²) in [6.45, 7) is 0.280. The second kappa shape index (κ2) is 7.48. The number of anilines is 2. The summed E-state index contributed by atoms with van der Waals surface area (Å²) in [5.41, 5.74) is 1.82. The Morgan fingerprint density at radius 1 is 0.920 bits per heavy atom. The Morgan fingerprint density at radius 3 is 2.52 bits per heavy atom. The lowest BCUT2D eigenvalue weighted by Crippen LogP contribution is -2.24. The number of aromatic nitrogens is 2. The van der Waals surface area contributed by atoms with Crippen molar-refractivity contribution in [3.05, 3.63) is 83.9 Å². The van der Waals surface area contributed by atoms with Crippen LogP contribution in [-0.2, 0) is 6.54 Å². The van der Waals surface area contributed by atoms with Crippen LogP contribution in [0, 0.1) is 11.6 Å². The largest absolute Gasteiger partial charge is 0.355 e. The summed E-state index contributed by atoms with van der Waals surface area (Å²) in [5.74, 6) is -2.23. The molecule has 0 fully saturated rings. The van der Waals surface area contributed by atoms with Gasteiger partial charge >= 0.3 is 0 Å². The van der Waals surface area contributed by atoms with Crippen LogP contribution in [0.5, 0.6) is 0 Å². The molecule has 126 valence electrons. The molecule has 0 spiro atoms. The molecule has 2 aromatic heterocycles. The summed E-state index contributed by atoms with van der Waals surface area (Å²) in [5, 5.41) is 5.62. The van der Waals surface area contributed by atoms with E-state index in [0.29, 0.717) is 11.4 Å². The average Bonchev–Trinajstić information content (AvgIpc) is 2.64. The van der Waals surface area contributed by atoms with Gasteiger partial charge in [-0.3, -0.25) is 14.8 Å². The molecule has 1 aromatic carbocycles. The van der Waals surface area contributed by atoms with E-state index in [1.54, 1.807) is 24.4 Å². The van der Waals surface area contributed by atoms with Gasteiger partial charge in [-0.05, 0) is 36.4 Å². The highest BCUT2D eigenvalue weighted by molar-refractivity contribution is 5.93. The summed E-state index contributed by atoms with van der Waals surface area (Å²) >= 11 is 0. The third-order valence-electron chi connectivity index (χ3n) is 3.36. The van der Waals surface area contributed by atoms with Gasteiger partial charge in [0.1, 0.15) is 5.69 Å². The van der Waals surface area contributed by atoms with Crippen LogP contribution < -0.4 is 10.6 Å². The van der Waals surface area contributed by atoms with E-state index in [1.807, 2.05) is 6.07 Å². The van der Waals surface area contributed by atoms with Gasteiger partial charge in [0, 0.05) is 29.8 Å². The normalized spacial score (nSPS) is 10.3. The highest BCUT2D eigenvalue weighted by Crippen LogP contribution is 2.19. The molecular formula is C18H14F2N4O. The smallest absolute Gasteiger partial charge is 0.270 e. The van der Waals surface area contributed by atoms with Crippen molar-refractivity contribution in [1.29, 1.82) is 0 Å². The van der Waals surface area contributed by atoms with Crippen LogP contribution in [0.15, 0.2) is 60.9 Å². The fourth-order valence-corrected chi connectivity index (χ4v) is 2.14. The first-order valence-corrected chi connectivity index (χ1v) is 7.48. The molecule has 0 unspecified atom stereocenters. The van der Waals surface area contributed by atoms with Crippen molar-refractivity contribution in [2.24, 2.45) is 0 Å². The minimum atomic E-state index is -0.951. The van der Waals surface area contributed by atoms with Crippen molar-refractivity contribution in [1.82, 2.24) is 15.3 Å². The number of pyridine rings is 2. The fraction of sp³-hybridized carbons (Fsp3) is 0.0556. The summed E-state index contributed by atoms with van der Waals surface area (Å²) in [6, 6.07) is 12.0. The zero-order valence-electron chi connectivity index (χ0n) is 13.0. The maximum Gasteiger partial charge on any atom is 0.270 e. The number of hydrogen-bond acceptors (Lipinski definition) is 4. The van der Waals surface area contributed by atoms with Crippen LogP contribution in [0.2, 0.25) is 0 Å². The number of rotatable bonds is 5. The van der Waals surface area contributed by atoms with Crippen LogP contribution in [0.25, 0.3) is 0 Å². The van der Waals surface area contributed by atoms with Gasteiger partial charge in [0.05, 0.1) is 12.2 Å². The molecule has 0 aliphatic carbocycles. The van der Waals surface area contributed by atoms with Gasteiger partial charge in [-0.25, -0.2) is 8.78 Å². The lowest BCUT2D eigenvalue weighted by atomic mass is 10.2. The number of halogens is 2. The highest BCUT2D eigenvalue weighted by Gasteiger charge is 2.09. The van der Waals surface area contributed by atoms with Gasteiger partial charge in [0.15, 0.2) is 11.6 Å². The predicted octanol–water partition coefficient (Wildman–Crippen LogP) is 3.43. The number of nitrogens with one attached hydrogen (secondary N) is 2. The lowest BCUT2D eigenvalue weighted by Gasteiger charge is -2.09. The summed E-state index contributed by atoms with van der Waals surface area (Å²) in [7, 11) is 0. The minimum absolute atomic E-state index is 0.198. The molecule has 0 radical (unpaired) electrons. The van der Waals surface area contributed by atoms with Crippen molar-refractivity contribution in [2.45, 2.75) is 6.54 Å². The van der Waals surface area contributed by atoms with E-state index in [4.69, 9.17) is 0 Å². The molecule has 0 saturated heterocycles. The molecule has 7 heteroatoms. The third-order valence-corrected chi connectivity index (χ3v) is 3.36. The third kappa shape index (κ3) is 4.35. The van der Waals surface area contributed by atoms with Crippen molar-refractivity contribution < 1.29 is 13.6 Å². The topological polar surface area (TPSA) is 66.9 Å². The highest BCUT2D eigenvalue weighted by atomic mass is 19.2. The van der Waals surface area contributed by atoms with E-state index in [-0.39, 0.29) is 18.1 Å². The molecule has 3 rings (SSSR count). The quantitative estimate of drug-likeness (QED) is 0.747. The Bertz CT molecular complexity index is 887. The Hall–Kier alpha value is -3.35. The number of carbonyl (C=O) groups is 1. The van der Waals surface area contributed by atoms with Crippen molar-refractivity contribution >= 4 is 17.3 Å². The molecule has 1 amide bonds. The molecular weight excluding hydrogens is 326 g/mol. The van der Waals surface area contributed by atoms with Crippen LogP contribution >= 0.6 is 0 Å². The summed E-state index contributed by atoms with van der Waals surface area (Å²) < 4.78 is 26.2. The Labute approximate surface area is 142 Å². The van der Waals surface area contributed by atoms with Crippen LogP contribution in [0.4, 0.5) is 20.2 Å². The summed E-state index contributed by atoms with van der Waals surface area (Å²) in [4.78, 5) is 20.3. The SMILES string of the molecule is O=C(NCc1ccccn1)c1cc(Nc2ccc(F)c(F)c2)ccn1. The van der Waals surface area contributed by atoms with E-state index in [0.717, 1.165) is 17.8 Å². The van der Waals surface area contributed by atoms with E-state index in [9.17, 15) is 13.6 Å². The van der Waals surface area contributed by atoms with Crippen LogP contribution in [0.3, 0.4) is 0 Å². The molecule has 0 bridgehead atoms. The van der Waals surface area contributed by atoms with Gasteiger partial charge in [0.2, 0.25) is 0 Å². The fourth-order valence-electron chi connectivity index (χ4n) is 2.14. The second-order valence-electron chi connectivity index (χ2n) is 5.19. The van der Waals surface area contributed by atoms with E-state index >= 15 is 0 Å². The monoisotopic (exact) mass is 340 g/mol. The lowest BCUT2D eigenvalue weighted by molar-refractivity contribution is 0.0945. The Balaban J connectivity index is 1.68. The van der Waals surface area contributed by atoms with Gasteiger partial charge in [-0.2, -0.15) is 0 Å². The van der Waals surface area contributed by atoms with Crippen molar-refractivity contribution in [2.75, 3.05) is 5.32 Å². The van der Waals surface area contributed by atoms with Gasteiger partial charge < -0.3 is 10.6 Å². The molecule has 0 atom stereocenters. The molecule has 25 heavy (non-hydrogen) atoms. The predicted molar refractivity (Wildman–Crippen MR) is 89.3 cm³/mol. The first-order valence-electron chi connectivity index (χ1n) is 7.48. The number of carbonyl (C=O) groups excluding carboxylic acids is 1. The van der Waals surface area contributed by atoms with Crippen LogP contribution in [0.1, 0.15) is 16.2 Å². The molecule has 0 aliphatic heterocycles. The molecule has 2 N–H and O–H groups in total. The van der Waals surface area contributed by atoms with E-state index < -0.39 is 11.6 Å². The Kier molecular flexibility index (Phi) is 4.94. The van der Waals surface area contributed by atoms with E-state index in [2.05, 4.69) is 20.6 Å². The standard InChI is InChI=1S/C18H14F2N4O/c19-15-5-4-12(9-16(15)20)24-13-6-8-22-17(10-13)18(25)23-11-14-3-1-2-7-21-14/h1-10H,11H2,(H,22,24)(H,23,25). The first kappa shape index (κ1) is 16.5. The summed E-state index contributed by atoms with van der Waals surface area (Å²) in [6.07, 6.45) is 3.10. The minimum Gasteiger partial charge on any atom is -0.355 e. The molecule has 3 aromatic rings. The maximum absolute atomic E-state index is 13.3. The van der Waals surface area contributed by atoms with Crippen molar-refractivity contribution in [3.63, 3.8) is 0 Å². The zero-order valence-corrected chi connectivity index (χ0v) is 13.0. The first-order chi connectivity index (χ1) is 12.1. The number of nitrogens with zero attached hydrogens (tertiary/aromatic N) is 2. The molecule has 0 aliphatic rings. The molecule has 2 heterocycles. The second-order valence-corrected chi connectivity index (χ2v) is 5.19. The van der Waals surface area contributed by atoms with E-state index in [1.165, 1.54) is 18.3 Å². The van der Waals surface area contributed by atoms with Gasteiger partial charge in [-0.1, -0.05) is 6.07 Å². The number of amides is 1. The zero-order chi connectivity index (χ0) is 17.6. The number of benzene rings is 1. The van der Waals surface area contributed by atoms with Crippen LogP contribution in [-0.4, -0.2) is 15.9 Å². The van der Waals surface area contributed by atoms with Crippen molar-refractivity contribution in [3.8, 4) is 0 Å². The Morgan fingerprint density at radius 2 is 1.76 bits per heavy atom. The van der Waals surface area contributed by atoms with Gasteiger partial charge in [-0.15, -0.1) is 0 Å². The average molecular weight is 340 g/mol. The maximum atomic E-state index is 13.3. The number of hydrogen-bond donors (Lipinski definition) is 2. The molecule has 0 saturated carbocycles. The molecule has 5 nitrogen and oxygen atoms in total.